The molecule has 158 valence electrons. The Morgan fingerprint density at radius 2 is 1.66 bits per heavy atom. The summed E-state index contributed by atoms with van der Waals surface area (Å²) in [6.45, 7) is 5.77. The van der Waals surface area contributed by atoms with Crippen molar-refractivity contribution in [3.8, 4) is 0 Å². The fraction of sp³-hybridized carbons (Fsp3) is 0.500. The Bertz CT molecular complexity index is 758. The summed E-state index contributed by atoms with van der Waals surface area (Å²) in [6.07, 6.45) is -0.199. The van der Waals surface area contributed by atoms with E-state index in [1.165, 1.54) is 6.92 Å². The van der Waals surface area contributed by atoms with Crippen molar-refractivity contribution >= 4 is 35.4 Å². The number of halogens is 1. The summed E-state index contributed by atoms with van der Waals surface area (Å²) in [6, 6.07) is 5.89. The van der Waals surface area contributed by atoms with Crippen LogP contribution in [0.5, 0.6) is 0 Å². The fourth-order valence-corrected chi connectivity index (χ4v) is 3.06. The molecule has 1 aromatic carbocycles. The predicted molar refractivity (Wildman–Crippen MR) is 107 cm³/mol. The second-order valence-corrected chi connectivity index (χ2v) is 7.71. The zero-order valence-corrected chi connectivity index (χ0v) is 17.5. The average Bonchev–Trinajstić information content (AvgIpc) is 2.67. The first kappa shape index (κ1) is 22.7. The quantitative estimate of drug-likeness (QED) is 0.707. The standard InChI is InChI=1S/C20H26ClN3O5/c1-12(2)22-20(28)23-17(25)13(3)29-19(27)15-8-10-24(11-9-15)18(26)14-4-6-16(21)7-5-14/h4-7,12-13,15H,8-11H2,1-3H3,(H2,22,23,25,28)/t13-/m1/s1. The molecule has 2 N–H and O–H groups in total. The van der Waals surface area contributed by atoms with Gasteiger partial charge >= 0.3 is 12.0 Å². The first-order chi connectivity index (χ1) is 13.7. The number of likely N-dealkylation sites (tertiary alicyclic amines) is 1. The molecule has 0 aromatic heterocycles. The van der Waals surface area contributed by atoms with Crippen LogP contribution in [0.25, 0.3) is 0 Å². The van der Waals surface area contributed by atoms with Gasteiger partial charge in [-0.1, -0.05) is 11.6 Å². The Morgan fingerprint density at radius 3 is 2.21 bits per heavy atom. The summed E-state index contributed by atoms with van der Waals surface area (Å²) in [5, 5.41) is 5.21. The number of hydrogen-bond donors (Lipinski definition) is 2. The Hall–Kier alpha value is -2.61. The summed E-state index contributed by atoms with van der Waals surface area (Å²) in [7, 11) is 0. The van der Waals surface area contributed by atoms with Gasteiger partial charge in [-0.05, 0) is 57.9 Å². The normalized spacial score (nSPS) is 15.6. The second kappa shape index (κ2) is 10.2. The van der Waals surface area contributed by atoms with Crippen LogP contribution in [0.3, 0.4) is 0 Å². The molecule has 0 radical (unpaired) electrons. The number of amides is 4. The number of ether oxygens (including phenoxy) is 1. The van der Waals surface area contributed by atoms with Crippen molar-refractivity contribution in [3.63, 3.8) is 0 Å². The van der Waals surface area contributed by atoms with Crippen molar-refractivity contribution in [2.24, 2.45) is 5.92 Å². The zero-order chi connectivity index (χ0) is 21.6. The lowest BCUT2D eigenvalue weighted by molar-refractivity contribution is -0.159. The van der Waals surface area contributed by atoms with E-state index in [2.05, 4.69) is 10.6 Å². The van der Waals surface area contributed by atoms with Crippen LogP contribution < -0.4 is 10.6 Å². The maximum atomic E-state index is 12.5. The largest absolute Gasteiger partial charge is 0.452 e. The van der Waals surface area contributed by atoms with Crippen molar-refractivity contribution in [1.82, 2.24) is 15.5 Å². The van der Waals surface area contributed by atoms with E-state index in [0.717, 1.165) is 0 Å². The number of esters is 1. The lowest BCUT2D eigenvalue weighted by atomic mass is 9.96. The number of imide groups is 1. The number of hydrogen-bond acceptors (Lipinski definition) is 5. The van der Waals surface area contributed by atoms with Crippen LogP contribution in [0.1, 0.15) is 44.0 Å². The van der Waals surface area contributed by atoms with Crippen molar-refractivity contribution in [1.29, 1.82) is 0 Å². The average molecular weight is 424 g/mol. The molecule has 4 amide bonds. The molecule has 29 heavy (non-hydrogen) atoms. The molecule has 8 nitrogen and oxygen atoms in total. The Balaban J connectivity index is 1.80. The molecule has 1 aliphatic heterocycles. The van der Waals surface area contributed by atoms with Crippen molar-refractivity contribution in [2.75, 3.05) is 13.1 Å². The van der Waals surface area contributed by atoms with Crippen molar-refractivity contribution in [2.45, 2.75) is 45.8 Å². The van der Waals surface area contributed by atoms with Gasteiger partial charge in [0.2, 0.25) is 0 Å². The Labute approximate surface area is 174 Å². The molecule has 1 atom stereocenters. The highest BCUT2D eigenvalue weighted by molar-refractivity contribution is 6.30. The highest BCUT2D eigenvalue weighted by Gasteiger charge is 2.31. The third-order valence-electron chi connectivity index (χ3n) is 4.53. The van der Waals surface area contributed by atoms with E-state index in [9.17, 15) is 19.2 Å². The summed E-state index contributed by atoms with van der Waals surface area (Å²) < 4.78 is 5.20. The number of rotatable bonds is 5. The van der Waals surface area contributed by atoms with E-state index >= 15 is 0 Å². The summed E-state index contributed by atoms with van der Waals surface area (Å²) >= 11 is 5.84. The number of urea groups is 1. The van der Waals surface area contributed by atoms with Gasteiger partial charge in [-0.25, -0.2) is 4.79 Å². The maximum absolute atomic E-state index is 12.5. The molecule has 0 unspecified atom stereocenters. The number of nitrogens with one attached hydrogen (secondary N) is 2. The minimum absolute atomic E-state index is 0.114. The molecule has 1 aromatic rings. The molecule has 0 saturated carbocycles. The third kappa shape index (κ3) is 6.74. The van der Waals surface area contributed by atoms with E-state index in [1.807, 2.05) is 0 Å². The molecule has 1 aliphatic rings. The summed E-state index contributed by atoms with van der Waals surface area (Å²) in [5.74, 6) is -1.70. The number of piperidine rings is 1. The lowest BCUT2D eigenvalue weighted by Gasteiger charge is -2.31. The molecular formula is C20H26ClN3O5. The molecule has 9 heteroatoms. The molecule has 0 bridgehead atoms. The lowest BCUT2D eigenvalue weighted by Crippen LogP contribution is -2.47. The van der Waals surface area contributed by atoms with Gasteiger partial charge in [0.25, 0.3) is 11.8 Å². The van der Waals surface area contributed by atoms with Crippen molar-refractivity contribution < 1.29 is 23.9 Å². The van der Waals surface area contributed by atoms with Crippen LogP contribution in [0, 0.1) is 5.92 Å². The number of carbonyl (C=O) groups excluding carboxylic acids is 4. The van der Waals surface area contributed by atoms with Gasteiger partial charge in [-0.3, -0.25) is 19.7 Å². The molecular weight excluding hydrogens is 398 g/mol. The third-order valence-corrected chi connectivity index (χ3v) is 4.78. The van der Waals surface area contributed by atoms with Crippen LogP contribution in [0.4, 0.5) is 4.79 Å². The first-order valence-electron chi connectivity index (χ1n) is 9.54. The van der Waals surface area contributed by atoms with Gasteiger partial charge in [-0.15, -0.1) is 0 Å². The van der Waals surface area contributed by atoms with Gasteiger partial charge in [0.05, 0.1) is 5.92 Å². The topological polar surface area (TPSA) is 105 Å². The second-order valence-electron chi connectivity index (χ2n) is 7.27. The van der Waals surface area contributed by atoms with Crippen LogP contribution in [-0.4, -0.2) is 54.0 Å². The van der Waals surface area contributed by atoms with E-state index in [1.54, 1.807) is 43.0 Å². The SMILES string of the molecule is CC(C)NC(=O)NC(=O)[C@@H](C)OC(=O)C1CCN(C(=O)c2ccc(Cl)cc2)CC1. The molecule has 1 heterocycles. The molecule has 0 spiro atoms. The van der Waals surface area contributed by atoms with Crippen LogP contribution in [0.2, 0.25) is 5.02 Å². The van der Waals surface area contributed by atoms with Gasteiger partial charge in [0, 0.05) is 29.7 Å². The highest BCUT2D eigenvalue weighted by Crippen LogP contribution is 2.21. The number of nitrogens with zero attached hydrogens (tertiary/aromatic N) is 1. The van der Waals surface area contributed by atoms with Crippen LogP contribution in [-0.2, 0) is 14.3 Å². The molecule has 0 aliphatic carbocycles. The molecule has 2 rings (SSSR count). The first-order valence-corrected chi connectivity index (χ1v) is 9.92. The maximum Gasteiger partial charge on any atom is 0.321 e. The minimum atomic E-state index is -1.09. The summed E-state index contributed by atoms with van der Waals surface area (Å²) in [4.78, 5) is 50.1. The zero-order valence-electron chi connectivity index (χ0n) is 16.7. The van der Waals surface area contributed by atoms with Crippen LogP contribution >= 0.6 is 11.6 Å². The van der Waals surface area contributed by atoms with Gasteiger partial charge < -0.3 is 15.0 Å². The van der Waals surface area contributed by atoms with E-state index in [4.69, 9.17) is 16.3 Å². The highest BCUT2D eigenvalue weighted by atomic mass is 35.5. The van der Waals surface area contributed by atoms with E-state index in [-0.39, 0.29) is 11.9 Å². The smallest absolute Gasteiger partial charge is 0.321 e. The summed E-state index contributed by atoms with van der Waals surface area (Å²) in [5.41, 5.74) is 0.542. The number of carbonyl (C=O) groups is 4. The Morgan fingerprint density at radius 1 is 1.07 bits per heavy atom. The van der Waals surface area contributed by atoms with Crippen LogP contribution in [0.15, 0.2) is 24.3 Å². The molecule has 1 saturated heterocycles. The predicted octanol–water partition coefficient (Wildman–Crippen LogP) is 2.36. The Kier molecular flexibility index (Phi) is 8.01. The molecule has 1 fully saturated rings. The minimum Gasteiger partial charge on any atom is -0.452 e. The van der Waals surface area contributed by atoms with Gasteiger partial charge in [0.1, 0.15) is 0 Å². The van der Waals surface area contributed by atoms with Crippen molar-refractivity contribution in [3.05, 3.63) is 34.9 Å². The van der Waals surface area contributed by atoms with Gasteiger partial charge in [0.15, 0.2) is 6.10 Å². The fourth-order valence-electron chi connectivity index (χ4n) is 2.93. The van der Waals surface area contributed by atoms with Gasteiger partial charge in [-0.2, -0.15) is 0 Å². The van der Waals surface area contributed by atoms with E-state index < -0.39 is 29.9 Å². The number of benzene rings is 1. The van der Waals surface area contributed by atoms with E-state index in [0.29, 0.717) is 36.5 Å². The monoisotopic (exact) mass is 423 g/mol.